The number of nitrogens with one attached hydrogen (secondary N) is 2. The second kappa shape index (κ2) is 9.70. The number of halogens is 1. The lowest BCUT2D eigenvalue weighted by molar-refractivity contribution is 0.210. The smallest absolute Gasteiger partial charge is 0.191 e. The van der Waals surface area contributed by atoms with Crippen LogP contribution in [0.25, 0.3) is 0 Å². The molecule has 0 spiro atoms. The molecule has 3 rings (SSSR count). The molecular weight excluding hydrogens is 429 g/mol. The summed E-state index contributed by atoms with van der Waals surface area (Å²) in [7, 11) is 4.06. The Bertz CT molecular complexity index is 571. The number of likely N-dealkylation sites (tertiary alicyclic amines) is 1. The average molecular weight is 461 g/mol. The van der Waals surface area contributed by atoms with Crippen LogP contribution in [-0.2, 0) is 19.4 Å². The molecule has 1 aromatic heterocycles. The summed E-state index contributed by atoms with van der Waals surface area (Å²) in [6.45, 7) is 6.37. The zero-order valence-corrected chi connectivity index (χ0v) is 18.0. The molecule has 2 aliphatic rings. The molecular formula is C17H32IN7. The number of nitrogens with zero attached hydrogens (tertiary/aromatic N) is 5. The topological polar surface area (TPSA) is 70.4 Å². The molecule has 2 aliphatic heterocycles. The van der Waals surface area contributed by atoms with Crippen LogP contribution in [0.1, 0.15) is 37.8 Å². The van der Waals surface area contributed by atoms with E-state index in [0.717, 1.165) is 50.0 Å². The molecule has 0 bridgehead atoms. The Kier molecular flexibility index (Phi) is 7.92. The molecule has 142 valence electrons. The van der Waals surface area contributed by atoms with Gasteiger partial charge >= 0.3 is 0 Å². The van der Waals surface area contributed by atoms with E-state index >= 15 is 0 Å². The first-order valence-electron chi connectivity index (χ1n) is 9.26. The maximum absolute atomic E-state index is 4.58. The second-order valence-corrected chi connectivity index (χ2v) is 7.08. The van der Waals surface area contributed by atoms with Gasteiger partial charge < -0.3 is 15.5 Å². The van der Waals surface area contributed by atoms with Gasteiger partial charge in [0.15, 0.2) is 11.8 Å². The summed E-state index contributed by atoms with van der Waals surface area (Å²) >= 11 is 0. The molecule has 3 heterocycles. The molecule has 0 radical (unpaired) electrons. The van der Waals surface area contributed by atoms with Gasteiger partial charge in [0.1, 0.15) is 5.82 Å². The van der Waals surface area contributed by atoms with E-state index in [-0.39, 0.29) is 24.0 Å². The SMILES string of the molecule is CCc1nc2n(n1)CC(NC(=NC)NCC1CCCN(C)C1)CC2.I. The number of rotatable bonds is 4. The van der Waals surface area contributed by atoms with Crippen LogP contribution >= 0.6 is 24.0 Å². The number of hydrogen-bond donors (Lipinski definition) is 2. The molecule has 25 heavy (non-hydrogen) atoms. The van der Waals surface area contributed by atoms with E-state index in [1.54, 1.807) is 0 Å². The van der Waals surface area contributed by atoms with Crippen molar-refractivity contribution in [1.29, 1.82) is 0 Å². The van der Waals surface area contributed by atoms with Crippen LogP contribution in [0.4, 0.5) is 0 Å². The maximum atomic E-state index is 4.58. The van der Waals surface area contributed by atoms with Crippen LogP contribution in [0.5, 0.6) is 0 Å². The molecule has 1 aromatic rings. The van der Waals surface area contributed by atoms with E-state index in [1.165, 1.54) is 25.9 Å². The standard InChI is InChI=1S/C17H31N7.HI/c1-4-15-21-16-8-7-14(12-24(16)22-15)20-17(18-2)19-10-13-6-5-9-23(3)11-13;/h13-14H,4-12H2,1-3H3,(H2,18,19,20);1H. The lowest BCUT2D eigenvalue weighted by Gasteiger charge is -2.31. The predicted molar refractivity (Wildman–Crippen MR) is 112 cm³/mol. The number of fused-ring (bicyclic) bond motifs is 1. The van der Waals surface area contributed by atoms with E-state index in [2.05, 4.69) is 49.3 Å². The van der Waals surface area contributed by atoms with Crippen molar-refractivity contribution in [2.45, 2.75) is 51.6 Å². The Hall–Kier alpha value is -0.900. The summed E-state index contributed by atoms with van der Waals surface area (Å²) in [5.41, 5.74) is 0. The summed E-state index contributed by atoms with van der Waals surface area (Å²) in [6, 6.07) is 0.365. The Labute approximate surface area is 168 Å². The van der Waals surface area contributed by atoms with Crippen LogP contribution < -0.4 is 10.6 Å². The van der Waals surface area contributed by atoms with Gasteiger partial charge in [-0.05, 0) is 38.8 Å². The van der Waals surface area contributed by atoms with Gasteiger partial charge in [-0.25, -0.2) is 9.67 Å². The molecule has 2 N–H and O–H groups in total. The Morgan fingerprint density at radius 2 is 2.16 bits per heavy atom. The quantitative estimate of drug-likeness (QED) is 0.402. The number of aromatic nitrogens is 3. The third-order valence-electron chi connectivity index (χ3n) is 5.06. The summed E-state index contributed by atoms with van der Waals surface area (Å²) in [4.78, 5) is 11.4. The van der Waals surface area contributed by atoms with E-state index in [0.29, 0.717) is 12.0 Å². The number of aliphatic imine (C=N–C) groups is 1. The number of guanidine groups is 1. The Morgan fingerprint density at radius 1 is 1.32 bits per heavy atom. The van der Waals surface area contributed by atoms with Crippen molar-refractivity contribution < 1.29 is 0 Å². The average Bonchev–Trinajstić information content (AvgIpc) is 3.01. The van der Waals surface area contributed by atoms with Crippen molar-refractivity contribution in [3.8, 4) is 0 Å². The van der Waals surface area contributed by atoms with Gasteiger partial charge in [0.05, 0.1) is 6.54 Å². The van der Waals surface area contributed by atoms with Crippen LogP contribution in [0.3, 0.4) is 0 Å². The largest absolute Gasteiger partial charge is 0.356 e. The molecule has 1 saturated heterocycles. The van der Waals surface area contributed by atoms with Gasteiger partial charge in [0, 0.05) is 39.0 Å². The van der Waals surface area contributed by atoms with Gasteiger partial charge in [0.2, 0.25) is 0 Å². The minimum atomic E-state index is 0. The normalized spacial score (nSPS) is 24.4. The number of aryl methyl sites for hydroxylation is 2. The fraction of sp³-hybridized carbons (Fsp3) is 0.824. The first-order valence-corrected chi connectivity index (χ1v) is 9.26. The lowest BCUT2D eigenvalue weighted by atomic mass is 9.98. The van der Waals surface area contributed by atoms with Crippen molar-refractivity contribution in [3.05, 3.63) is 11.6 Å². The zero-order chi connectivity index (χ0) is 16.9. The van der Waals surface area contributed by atoms with Crippen molar-refractivity contribution in [1.82, 2.24) is 30.3 Å². The summed E-state index contributed by atoms with van der Waals surface area (Å²) in [6.07, 6.45) is 5.56. The third-order valence-corrected chi connectivity index (χ3v) is 5.06. The van der Waals surface area contributed by atoms with E-state index < -0.39 is 0 Å². The molecule has 0 aliphatic carbocycles. The molecule has 1 fully saturated rings. The van der Waals surface area contributed by atoms with Crippen molar-refractivity contribution in [3.63, 3.8) is 0 Å². The minimum absolute atomic E-state index is 0. The van der Waals surface area contributed by atoms with Crippen molar-refractivity contribution >= 4 is 29.9 Å². The minimum Gasteiger partial charge on any atom is -0.356 e. The predicted octanol–water partition coefficient (Wildman–Crippen LogP) is 1.28. The summed E-state index contributed by atoms with van der Waals surface area (Å²) < 4.78 is 2.06. The molecule has 2 unspecified atom stereocenters. The van der Waals surface area contributed by atoms with Gasteiger partial charge in [-0.3, -0.25) is 4.99 Å². The summed E-state index contributed by atoms with van der Waals surface area (Å²) in [5, 5.41) is 11.7. The highest BCUT2D eigenvalue weighted by Crippen LogP contribution is 2.15. The third kappa shape index (κ3) is 5.54. The zero-order valence-electron chi connectivity index (χ0n) is 15.7. The van der Waals surface area contributed by atoms with E-state index in [1.807, 2.05) is 7.05 Å². The van der Waals surface area contributed by atoms with Crippen LogP contribution in [-0.4, -0.2) is 65.4 Å². The Balaban J connectivity index is 0.00000225. The van der Waals surface area contributed by atoms with Gasteiger partial charge in [-0.15, -0.1) is 24.0 Å². The van der Waals surface area contributed by atoms with Gasteiger partial charge in [-0.1, -0.05) is 6.92 Å². The van der Waals surface area contributed by atoms with Crippen molar-refractivity contribution in [2.75, 3.05) is 33.7 Å². The fourth-order valence-electron chi connectivity index (χ4n) is 3.70. The van der Waals surface area contributed by atoms with Crippen molar-refractivity contribution in [2.24, 2.45) is 10.9 Å². The monoisotopic (exact) mass is 461 g/mol. The van der Waals surface area contributed by atoms with Gasteiger partial charge in [0.25, 0.3) is 0 Å². The highest BCUT2D eigenvalue weighted by Gasteiger charge is 2.23. The number of hydrogen-bond acceptors (Lipinski definition) is 4. The Morgan fingerprint density at radius 3 is 2.88 bits per heavy atom. The second-order valence-electron chi connectivity index (χ2n) is 7.08. The van der Waals surface area contributed by atoms with Crippen LogP contribution in [0.2, 0.25) is 0 Å². The molecule has 7 nitrogen and oxygen atoms in total. The summed E-state index contributed by atoms with van der Waals surface area (Å²) in [5.74, 6) is 3.70. The maximum Gasteiger partial charge on any atom is 0.191 e. The highest BCUT2D eigenvalue weighted by atomic mass is 127. The molecule has 0 amide bonds. The molecule has 0 aromatic carbocycles. The van der Waals surface area contributed by atoms with E-state index in [4.69, 9.17) is 0 Å². The molecule has 2 atom stereocenters. The molecule has 8 heteroatoms. The highest BCUT2D eigenvalue weighted by molar-refractivity contribution is 14.0. The first kappa shape index (κ1) is 20.4. The van der Waals surface area contributed by atoms with Crippen LogP contribution in [0.15, 0.2) is 4.99 Å². The lowest BCUT2D eigenvalue weighted by Crippen LogP contribution is -2.49. The van der Waals surface area contributed by atoms with E-state index in [9.17, 15) is 0 Å². The fourth-order valence-corrected chi connectivity index (χ4v) is 3.70. The first-order chi connectivity index (χ1) is 11.7. The van der Waals surface area contributed by atoms with Crippen LogP contribution in [0, 0.1) is 5.92 Å². The molecule has 0 saturated carbocycles. The van der Waals surface area contributed by atoms with Gasteiger partial charge in [-0.2, -0.15) is 5.10 Å². The number of piperidine rings is 1.